The Hall–Kier alpha value is -5.17. The predicted molar refractivity (Wildman–Crippen MR) is 179 cm³/mol. The summed E-state index contributed by atoms with van der Waals surface area (Å²) in [6, 6.07) is 37.2. The smallest absolute Gasteiger partial charge is 0.421 e. The van der Waals surface area contributed by atoms with Crippen molar-refractivity contribution < 1.29 is 27.5 Å². The van der Waals surface area contributed by atoms with Crippen LogP contribution in [0.3, 0.4) is 0 Å². The van der Waals surface area contributed by atoms with Crippen LogP contribution in [0.25, 0.3) is 21.9 Å². The molecular weight excluding hydrogens is 599 g/mol. The van der Waals surface area contributed by atoms with E-state index in [1.54, 1.807) is 51.1 Å². The summed E-state index contributed by atoms with van der Waals surface area (Å²) in [5, 5.41) is 1.73. The van der Waals surface area contributed by atoms with Crippen molar-refractivity contribution in [1.82, 2.24) is 0 Å². The van der Waals surface area contributed by atoms with Gasteiger partial charge in [0.15, 0.2) is 0 Å². The van der Waals surface area contributed by atoms with Crippen molar-refractivity contribution in [2.24, 2.45) is 0 Å². The quantitative estimate of drug-likeness (QED) is 0.175. The summed E-state index contributed by atoms with van der Waals surface area (Å²) in [5.74, 6) is -1.76. The monoisotopic (exact) mass is 633 g/mol. The molecule has 2 unspecified atom stereocenters. The summed E-state index contributed by atoms with van der Waals surface area (Å²) in [5.41, 5.74) is 1.40. The Morgan fingerprint density at radius 1 is 0.787 bits per heavy atom. The molecule has 0 aromatic heterocycles. The first-order valence-corrected chi connectivity index (χ1v) is 15.4. The number of nitrogens with zero attached hydrogens (tertiary/aromatic N) is 1. The fourth-order valence-corrected chi connectivity index (χ4v) is 6.47. The summed E-state index contributed by atoms with van der Waals surface area (Å²) in [6.45, 7) is 5.09. The maximum Gasteiger partial charge on any atom is 0.421 e. The van der Waals surface area contributed by atoms with Crippen LogP contribution in [0.15, 0.2) is 133 Å². The SMILES string of the molecule is CC(C)(C)OC(=O)N1C(=O)C(Cc2ccc(-c3ccccc3)cc2)(C(/C=C/C(F)(F)F)c2ccc3ccccc3c2)c2ccccc21. The van der Waals surface area contributed by atoms with Gasteiger partial charge in [0.05, 0.1) is 11.1 Å². The van der Waals surface area contributed by atoms with Crippen LogP contribution in [0.2, 0.25) is 0 Å². The minimum Gasteiger partial charge on any atom is -0.443 e. The van der Waals surface area contributed by atoms with Gasteiger partial charge in [-0.25, -0.2) is 9.69 Å². The predicted octanol–water partition coefficient (Wildman–Crippen LogP) is 10.2. The highest BCUT2D eigenvalue weighted by molar-refractivity contribution is 6.22. The number of alkyl halides is 3. The van der Waals surface area contributed by atoms with E-state index in [2.05, 4.69) is 0 Å². The van der Waals surface area contributed by atoms with E-state index in [4.69, 9.17) is 4.74 Å². The van der Waals surface area contributed by atoms with Crippen LogP contribution in [0, 0.1) is 0 Å². The molecular formula is C40H34F3NO3. The molecule has 2 atom stereocenters. The topological polar surface area (TPSA) is 46.6 Å². The second kappa shape index (κ2) is 12.2. The number of allylic oxidation sites excluding steroid dienone is 2. The molecule has 5 aromatic rings. The molecule has 0 saturated carbocycles. The fourth-order valence-electron chi connectivity index (χ4n) is 6.47. The molecule has 0 aliphatic carbocycles. The van der Waals surface area contributed by atoms with Crippen molar-refractivity contribution in [3.63, 3.8) is 0 Å². The maximum atomic E-state index is 15.0. The van der Waals surface area contributed by atoms with Crippen LogP contribution >= 0.6 is 0 Å². The normalized spacial score (nSPS) is 17.2. The van der Waals surface area contributed by atoms with Gasteiger partial charge >= 0.3 is 12.3 Å². The van der Waals surface area contributed by atoms with E-state index in [1.165, 1.54) is 0 Å². The third kappa shape index (κ3) is 6.43. The Morgan fingerprint density at radius 3 is 2.09 bits per heavy atom. The van der Waals surface area contributed by atoms with Gasteiger partial charge in [0.1, 0.15) is 5.60 Å². The minimum absolute atomic E-state index is 0.0247. The Balaban J connectivity index is 1.58. The molecule has 5 aromatic carbocycles. The first kappa shape index (κ1) is 31.8. The Morgan fingerprint density at radius 2 is 1.40 bits per heavy atom. The summed E-state index contributed by atoms with van der Waals surface area (Å²) < 4.78 is 47.6. The van der Waals surface area contributed by atoms with Crippen LogP contribution in [-0.4, -0.2) is 23.8 Å². The van der Waals surface area contributed by atoms with Crippen molar-refractivity contribution >= 4 is 28.5 Å². The highest BCUT2D eigenvalue weighted by Gasteiger charge is 2.57. The molecule has 47 heavy (non-hydrogen) atoms. The van der Waals surface area contributed by atoms with Gasteiger partial charge in [0, 0.05) is 12.0 Å². The summed E-state index contributed by atoms with van der Waals surface area (Å²) >= 11 is 0. The fraction of sp³-hybridized carbons (Fsp3) is 0.200. The molecule has 0 fully saturated rings. The molecule has 1 aliphatic rings. The molecule has 0 radical (unpaired) electrons. The molecule has 0 N–H and O–H groups in total. The van der Waals surface area contributed by atoms with Crippen molar-refractivity contribution in [3.8, 4) is 11.1 Å². The van der Waals surface area contributed by atoms with Crippen LogP contribution in [0.4, 0.5) is 23.7 Å². The number of carbonyl (C=O) groups is 2. The van der Waals surface area contributed by atoms with E-state index in [1.807, 2.05) is 91.0 Å². The number of halogens is 3. The number of fused-ring (bicyclic) bond motifs is 2. The lowest BCUT2D eigenvalue weighted by Crippen LogP contribution is -2.49. The number of anilines is 1. The summed E-state index contributed by atoms with van der Waals surface area (Å²) in [6.07, 6.45) is -4.24. The van der Waals surface area contributed by atoms with Crippen LogP contribution in [-0.2, 0) is 21.4 Å². The highest BCUT2D eigenvalue weighted by Crippen LogP contribution is 2.53. The Labute approximate surface area is 272 Å². The zero-order chi connectivity index (χ0) is 33.4. The van der Waals surface area contributed by atoms with E-state index >= 15 is 4.79 Å². The van der Waals surface area contributed by atoms with E-state index < -0.39 is 35.1 Å². The third-order valence-corrected chi connectivity index (χ3v) is 8.47. The molecule has 0 bridgehead atoms. The van der Waals surface area contributed by atoms with Gasteiger partial charge in [-0.2, -0.15) is 13.2 Å². The number of carbonyl (C=O) groups excluding carboxylic acids is 2. The second-order valence-corrected chi connectivity index (χ2v) is 12.8. The van der Waals surface area contributed by atoms with Crippen molar-refractivity contribution in [3.05, 3.63) is 150 Å². The lowest BCUT2D eigenvalue weighted by Gasteiger charge is -2.36. The molecule has 7 heteroatoms. The first-order valence-electron chi connectivity index (χ1n) is 15.4. The van der Waals surface area contributed by atoms with Gasteiger partial charge in [-0.05, 0) is 71.8 Å². The Kier molecular flexibility index (Phi) is 8.26. The molecule has 2 amide bonds. The lowest BCUT2D eigenvalue weighted by molar-refractivity contribution is -0.123. The number of hydrogen-bond donors (Lipinski definition) is 0. The second-order valence-electron chi connectivity index (χ2n) is 12.8. The van der Waals surface area contributed by atoms with Crippen molar-refractivity contribution in [1.29, 1.82) is 0 Å². The lowest BCUT2D eigenvalue weighted by atomic mass is 9.64. The number of rotatable bonds is 6. The van der Waals surface area contributed by atoms with Gasteiger partial charge in [-0.1, -0.05) is 121 Å². The van der Waals surface area contributed by atoms with Gasteiger partial charge in [0.2, 0.25) is 5.91 Å². The molecule has 238 valence electrons. The molecule has 1 heterocycles. The van der Waals surface area contributed by atoms with Crippen LogP contribution in [0.1, 0.15) is 43.4 Å². The third-order valence-electron chi connectivity index (χ3n) is 8.47. The van der Waals surface area contributed by atoms with Gasteiger partial charge in [-0.3, -0.25) is 4.79 Å². The molecule has 6 rings (SSSR count). The molecule has 0 spiro atoms. The summed E-state index contributed by atoms with van der Waals surface area (Å²) in [7, 11) is 0. The number of benzene rings is 5. The zero-order valence-corrected chi connectivity index (χ0v) is 26.3. The first-order chi connectivity index (χ1) is 22.4. The van der Waals surface area contributed by atoms with Crippen LogP contribution in [0.5, 0.6) is 0 Å². The van der Waals surface area contributed by atoms with E-state index in [9.17, 15) is 18.0 Å². The average molecular weight is 634 g/mol. The Bertz CT molecular complexity index is 1960. The van der Waals surface area contributed by atoms with Crippen molar-refractivity contribution in [2.45, 2.75) is 50.3 Å². The van der Waals surface area contributed by atoms with E-state index in [0.717, 1.165) is 38.4 Å². The standard InChI is InChI=1S/C40H34F3NO3/c1-38(2,3)47-37(46)44-35-16-10-9-15-34(35)39(36(44)45,26-27-17-19-30(20-18-27)28-11-5-4-6-12-28)33(23-24-40(41,42)43)32-22-21-29-13-7-8-14-31(29)25-32/h4-25,33H,26H2,1-3H3/b24-23+. The molecule has 0 saturated heterocycles. The largest absolute Gasteiger partial charge is 0.443 e. The average Bonchev–Trinajstić information content (AvgIpc) is 3.28. The van der Waals surface area contributed by atoms with Crippen LogP contribution < -0.4 is 4.90 Å². The summed E-state index contributed by atoms with van der Waals surface area (Å²) in [4.78, 5) is 29.7. The molecule has 4 nitrogen and oxygen atoms in total. The maximum absolute atomic E-state index is 15.0. The number of para-hydroxylation sites is 1. The van der Waals surface area contributed by atoms with E-state index in [-0.39, 0.29) is 12.5 Å². The van der Waals surface area contributed by atoms with Gasteiger partial charge in [0.25, 0.3) is 0 Å². The minimum atomic E-state index is -4.64. The molecule has 1 aliphatic heterocycles. The van der Waals surface area contributed by atoms with E-state index in [0.29, 0.717) is 16.8 Å². The number of hydrogen-bond acceptors (Lipinski definition) is 3. The number of amides is 2. The van der Waals surface area contributed by atoms with Crippen molar-refractivity contribution in [2.75, 3.05) is 4.90 Å². The highest BCUT2D eigenvalue weighted by atomic mass is 19.4. The zero-order valence-electron chi connectivity index (χ0n) is 26.3. The number of ether oxygens (including phenoxy) is 1. The van der Waals surface area contributed by atoms with Gasteiger partial charge < -0.3 is 4.74 Å². The van der Waals surface area contributed by atoms with Gasteiger partial charge in [-0.15, -0.1) is 0 Å². The number of imide groups is 1.